The van der Waals surface area contributed by atoms with Gasteiger partial charge in [-0.3, -0.25) is 19.1 Å². The zero-order valence-corrected chi connectivity index (χ0v) is 10.4. The minimum Gasteiger partial charge on any atom is -0.468 e. The van der Waals surface area contributed by atoms with Crippen molar-refractivity contribution >= 4 is 23.5 Å². The van der Waals surface area contributed by atoms with Crippen molar-refractivity contribution in [3.8, 4) is 0 Å². The van der Waals surface area contributed by atoms with Crippen LogP contribution in [-0.2, 0) is 25.7 Å². The highest BCUT2D eigenvalue weighted by Crippen LogP contribution is 2.11. The summed E-state index contributed by atoms with van der Waals surface area (Å²) < 4.78 is 5.86. The van der Waals surface area contributed by atoms with E-state index in [1.807, 2.05) is 0 Å². The Morgan fingerprint density at radius 1 is 1.63 bits per heavy atom. The maximum atomic E-state index is 11.8. The van der Waals surface area contributed by atoms with Crippen molar-refractivity contribution in [3.05, 3.63) is 12.4 Å². The molecule has 102 valence electrons. The van der Waals surface area contributed by atoms with E-state index in [1.165, 1.54) is 24.2 Å². The monoisotopic (exact) mass is 266 g/mol. The van der Waals surface area contributed by atoms with Crippen LogP contribution in [0.4, 0.5) is 5.69 Å². The van der Waals surface area contributed by atoms with Crippen molar-refractivity contribution in [2.75, 3.05) is 12.4 Å². The highest BCUT2D eigenvalue weighted by molar-refractivity contribution is 5.98. The standard InChI is InChI=1S/C11H14N4O4/c1-19-10(17)6-15-5-7(4-12-15)13-11(18)8-2-3-9(16)14-8/h4-5,8H,2-3,6H2,1H3,(H,13,18)(H,14,16). The third-order valence-corrected chi connectivity index (χ3v) is 2.73. The topological polar surface area (TPSA) is 102 Å². The molecule has 1 saturated heterocycles. The van der Waals surface area contributed by atoms with E-state index in [4.69, 9.17) is 0 Å². The second-order valence-corrected chi connectivity index (χ2v) is 4.15. The van der Waals surface area contributed by atoms with Gasteiger partial charge in [-0.1, -0.05) is 0 Å². The van der Waals surface area contributed by atoms with Crippen LogP contribution in [-0.4, -0.2) is 40.7 Å². The predicted molar refractivity (Wildman–Crippen MR) is 64.0 cm³/mol. The first kappa shape index (κ1) is 13.1. The Hall–Kier alpha value is -2.38. The molecule has 2 N–H and O–H groups in total. The van der Waals surface area contributed by atoms with Crippen molar-refractivity contribution in [1.82, 2.24) is 15.1 Å². The molecule has 1 atom stereocenters. The molecule has 0 saturated carbocycles. The van der Waals surface area contributed by atoms with Crippen LogP contribution in [0.5, 0.6) is 0 Å². The molecule has 0 radical (unpaired) electrons. The number of nitrogens with one attached hydrogen (secondary N) is 2. The number of aromatic nitrogens is 2. The van der Waals surface area contributed by atoms with E-state index >= 15 is 0 Å². The van der Waals surface area contributed by atoms with Crippen LogP contribution in [0, 0.1) is 0 Å². The minimum absolute atomic E-state index is 0.0213. The van der Waals surface area contributed by atoms with Gasteiger partial charge in [0.05, 0.1) is 19.0 Å². The SMILES string of the molecule is COC(=O)Cn1cc(NC(=O)C2CCC(=O)N2)cn1. The van der Waals surface area contributed by atoms with E-state index in [0.717, 1.165) is 0 Å². The number of methoxy groups -OCH3 is 1. The molecule has 1 unspecified atom stereocenters. The highest BCUT2D eigenvalue weighted by atomic mass is 16.5. The Morgan fingerprint density at radius 2 is 2.42 bits per heavy atom. The second kappa shape index (κ2) is 5.51. The lowest BCUT2D eigenvalue weighted by molar-refractivity contribution is -0.141. The Balaban J connectivity index is 1.90. The zero-order chi connectivity index (χ0) is 13.8. The van der Waals surface area contributed by atoms with Crippen LogP contribution in [0.2, 0.25) is 0 Å². The molecule has 8 nitrogen and oxygen atoms in total. The summed E-state index contributed by atoms with van der Waals surface area (Å²) in [6.07, 6.45) is 3.80. The van der Waals surface area contributed by atoms with Crippen molar-refractivity contribution in [2.24, 2.45) is 0 Å². The van der Waals surface area contributed by atoms with E-state index < -0.39 is 12.0 Å². The zero-order valence-electron chi connectivity index (χ0n) is 10.4. The van der Waals surface area contributed by atoms with Crippen molar-refractivity contribution < 1.29 is 19.1 Å². The van der Waals surface area contributed by atoms with E-state index in [-0.39, 0.29) is 18.4 Å². The fraction of sp³-hybridized carbons (Fsp3) is 0.455. The third kappa shape index (κ3) is 3.30. The molecule has 0 spiro atoms. The average molecular weight is 266 g/mol. The molecule has 2 heterocycles. The van der Waals surface area contributed by atoms with E-state index in [9.17, 15) is 14.4 Å². The molecule has 19 heavy (non-hydrogen) atoms. The summed E-state index contributed by atoms with van der Waals surface area (Å²) in [5, 5.41) is 9.11. The van der Waals surface area contributed by atoms with E-state index in [1.54, 1.807) is 0 Å². The first-order chi connectivity index (χ1) is 9.08. The highest BCUT2D eigenvalue weighted by Gasteiger charge is 2.27. The molecule has 1 aliphatic rings. The van der Waals surface area contributed by atoms with Crippen LogP contribution in [0.15, 0.2) is 12.4 Å². The molecule has 1 aromatic rings. The number of esters is 1. The van der Waals surface area contributed by atoms with Gasteiger partial charge in [-0.05, 0) is 6.42 Å². The van der Waals surface area contributed by atoms with Crippen LogP contribution >= 0.6 is 0 Å². The summed E-state index contributed by atoms with van der Waals surface area (Å²) in [6, 6.07) is -0.503. The Morgan fingerprint density at radius 3 is 3.05 bits per heavy atom. The van der Waals surface area contributed by atoms with Crippen molar-refractivity contribution in [1.29, 1.82) is 0 Å². The second-order valence-electron chi connectivity index (χ2n) is 4.15. The average Bonchev–Trinajstić information content (AvgIpc) is 2.98. The quantitative estimate of drug-likeness (QED) is 0.700. The number of anilines is 1. The number of carbonyl (C=O) groups excluding carboxylic acids is 3. The summed E-state index contributed by atoms with van der Waals surface area (Å²) in [5.74, 6) is -0.839. The van der Waals surface area contributed by atoms with Gasteiger partial charge >= 0.3 is 5.97 Å². The molecule has 0 aromatic carbocycles. The fourth-order valence-corrected chi connectivity index (χ4v) is 1.75. The first-order valence-corrected chi connectivity index (χ1v) is 5.78. The van der Waals surface area contributed by atoms with Crippen LogP contribution in [0.1, 0.15) is 12.8 Å². The molecule has 2 amide bonds. The number of hydrogen-bond donors (Lipinski definition) is 2. The molecule has 1 aromatic heterocycles. The van der Waals surface area contributed by atoms with Crippen LogP contribution in [0.25, 0.3) is 0 Å². The normalized spacial score (nSPS) is 17.9. The molecule has 1 fully saturated rings. The van der Waals surface area contributed by atoms with Gasteiger partial charge in [-0.15, -0.1) is 0 Å². The number of carbonyl (C=O) groups is 3. The maximum Gasteiger partial charge on any atom is 0.327 e. The molecule has 0 bridgehead atoms. The van der Waals surface area contributed by atoms with Crippen LogP contribution in [0.3, 0.4) is 0 Å². The number of rotatable bonds is 4. The minimum atomic E-state index is -0.503. The molecule has 8 heteroatoms. The fourth-order valence-electron chi connectivity index (χ4n) is 1.75. The summed E-state index contributed by atoms with van der Waals surface area (Å²) in [5.41, 5.74) is 0.468. The molecule has 0 aliphatic carbocycles. The predicted octanol–water partition coefficient (Wildman–Crippen LogP) is -0.727. The summed E-state index contributed by atoms with van der Waals surface area (Å²) >= 11 is 0. The van der Waals surface area contributed by atoms with E-state index in [0.29, 0.717) is 18.5 Å². The Labute approximate surface area is 109 Å². The van der Waals surface area contributed by atoms with Gasteiger partial charge in [0, 0.05) is 12.6 Å². The Bertz CT molecular complexity index is 511. The van der Waals surface area contributed by atoms with Crippen molar-refractivity contribution in [2.45, 2.75) is 25.4 Å². The largest absolute Gasteiger partial charge is 0.468 e. The summed E-state index contributed by atoms with van der Waals surface area (Å²) in [4.78, 5) is 33.8. The lowest BCUT2D eigenvalue weighted by Gasteiger charge is -2.08. The maximum absolute atomic E-state index is 11.8. The van der Waals surface area contributed by atoms with Gasteiger partial charge < -0.3 is 15.4 Å². The molecule has 2 rings (SSSR count). The Kier molecular flexibility index (Phi) is 3.79. The summed E-state index contributed by atoms with van der Waals surface area (Å²) in [7, 11) is 1.29. The van der Waals surface area contributed by atoms with E-state index in [2.05, 4.69) is 20.5 Å². The van der Waals surface area contributed by atoms with Gasteiger partial charge in [0.1, 0.15) is 12.6 Å². The number of nitrogens with zero attached hydrogens (tertiary/aromatic N) is 2. The van der Waals surface area contributed by atoms with Gasteiger partial charge in [0.15, 0.2) is 0 Å². The van der Waals surface area contributed by atoms with Gasteiger partial charge in [0.25, 0.3) is 0 Å². The number of hydrogen-bond acceptors (Lipinski definition) is 5. The molecule has 1 aliphatic heterocycles. The van der Waals surface area contributed by atoms with Gasteiger partial charge in [-0.2, -0.15) is 5.10 Å². The number of ether oxygens (including phenoxy) is 1. The lowest BCUT2D eigenvalue weighted by atomic mass is 10.2. The summed E-state index contributed by atoms with van der Waals surface area (Å²) in [6.45, 7) is -0.0213. The first-order valence-electron chi connectivity index (χ1n) is 5.78. The number of amides is 2. The van der Waals surface area contributed by atoms with Crippen LogP contribution < -0.4 is 10.6 Å². The van der Waals surface area contributed by atoms with Gasteiger partial charge in [-0.25, -0.2) is 0 Å². The third-order valence-electron chi connectivity index (χ3n) is 2.73. The molecular formula is C11H14N4O4. The molecular weight excluding hydrogens is 252 g/mol. The van der Waals surface area contributed by atoms with Gasteiger partial charge in [0.2, 0.25) is 11.8 Å². The smallest absolute Gasteiger partial charge is 0.327 e. The van der Waals surface area contributed by atoms with Crippen molar-refractivity contribution in [3.63, 3.8) is 0 Å². The lowest BCUT2D eigenvalue weighted by Crippen LogP contribution is -2.37.